The number of likely N-dealkylation sites (tertiary alicyclic amines) is 1. The van der Waals surface area contributed by atoms with Crippen molar-refractivity contribution in [3.05, 3.63) is 30.1 Å². The van der Waals surface area contributed by atoms with Gasteiger partial charge in [0.05, 0.1) is 12.2 Å². The molecule has 5 nitrogen and oxygen atoms in total. The van der Waals surface area contributed by atoms with E-state index in [0.717, 1.165) is 0 Å². The molecule has 1 aromatic rings. The average Bonchev–Trinajstić information content (AvgIpc) is 2.33. The Balaban J connectivity index is 2.06. The topological polar surface area (TPSA) is 73.7 Å². The molecule has 0 bridgehead atoms. The highest BCUT2D eigenvalue weighted by Gasteiger charge is 2.29. The van der Waals surface area contributed by atoms with Crippen LogP contribution in [0.1, 0.15) is 16.9 Å². The number of carbonyl (C=O) groups is 1. The van der Waals surface area contributed by atoms with Crippen molar-refractivity contribution < 1.29 is 15.0 Å². The van der Waals surface area contributed by atoms with Crippen molar-refractivity contribution in [3.8, 4) is 0 Å². The summed E-state index contributed by atoms with van der Waals surface area (Å²) in [6, 6.07) is 5.13. The van der Waals surface area contributed by atoms with E-state index in [9.17, 15) is 15.0 Å². The molecule has 0 radical (unpaired) electrons. The van der Waals surface area contributed by atoms with Crippen LogP contribution in [0.2, 0.25) is 0 Å². The Morgan fingerprint density at radius 1 is 1.38 bits per heavy atom. The van der Waals surface area contributed by atoms with Gasteiger partial charge in [-0.15, -0.1) is 0 Å². The largest absolute Gasteiger partial charge is 0.390 e. The number of nitrogens with zero attached hydrogens (tertiary/aromatic N) is 2. The first-order chi connectivity index (χ1) is 7.68. The van der Waals surface area contributed by atoms with Crippen LogP contribution in [0.4, 0.5) is 0 Å². The molecule has 2 rings (SSSR count). The van der Waals surface area contributed by atoms with Gasteiger partial charge >= 0.3 is 0 Å². The molecule has 1 saturated heterocycles. The molecular formula is C11H14N2O3. The summed E-state index contributed by atoms with van der Waals surface area (Å²) in [7, 11) is 0. The van der Waals surface area contributed by atoms with Gasteiger partial charge in [-0.1, -0.05) is 6.07 Å². The zero-order chi connectivity index (χ0) is 11.5. The number of aliphatic hydroxyl groups excluding tert-OH is 2. The van der Waals surface area contributed by atoms with Crippen LogP contribution >= 0.6 is 0 Å². The number of pyridine rings is 1. The first-order valence-electron chi connectivity index (χ1n) is 5.25. The molecule has 16 heavy (non-hydrogen) atoms. The highest BCUT2D eigenvalue weighted by atomic mass is 16.3. The van der Waals surface area contributed by atoms with E-state index >= 15 is 0 Å². The maximum Gasteiger partial charge on any atom is 0.272 e. The molecule has 5 heteroatoms. The van der Waals surface area contributed by atoms with Crippen molar-refractivity contribution in [2.45, 2.75) is 18.6 Å². The Morgan fingerprint density at radius 2 is 2.19 bits per heavy atom. The van der Waals surface area contributed by atoms with Crippen molar-refractivity contribution in [2.75, 3.05) is 13.1 Å². The van der Waals surface area contributed by atoms with Gasteiger partial charge in [-0.2, -0.15) is 0 Å². The number of amides is 1. The van der Waals surface area contributed by atoms with Gasteiger partial charge in [0.25, 0.3) is 5.91 Å². The lowest BCUT2D eigenvalue weighted by molar-refractivity contribution is -0.0323. The van der Waals surface area contributed by atoms with Gasteiger partial charge in [-0.3, -0.25) is 9.78 Å². The average molecular weight is 222 g/mol. The standard InChI is InChI=1S/C11H14N2O3/c14-9-4-6-13(7-10(9)15)11(16)8-3-1-2-5-12-8/h1-3,5,9-10,14-15H,4,6-7H2. The lowest BCUT2D eigenvalue weighted by atomic mass is 10.0. The summed E-state index contributed by atoms with van der Waals surface area (Å²) in [6.45, 7) is 0.615. The Bertz CT molecular complexity index is 369. The maximum absolute atomic E-state index is 11.9. The minimum absolute atomic E-state index is 0.163. The van der Waals surface area contributed by atoms with E-state index in [-0.39, 0.29) is 12.5 Å². The quantitative estimate of drug-likeness (QED) is 0.681. The van der Waals surface area contributed by atoms with E-state index in [4.69, 9.17) is 0 Å². The van der Waals surface area contributed by atoms with E-state index in [1.165, 1.54) is 4.90 Å². The van der Waals surface area contributed by atoms with Crippen LogP contribution in [-0.4, -0.2) is 51.3 Å². The van der Waals surface area contributed by atoms with Gasteiger partial charge in [-0.05, 0) is 18.6 Å². The normalized spacial score (nSPS) is 25.5. The van der Waals surface area contributed by atoms with Crippen molar-refractivity contribution in [2.24, 2.45) is 0 Å². The van der Waals surface area contributed by atoms with Gasteiger partial charge in [0.2, 0.25) is 0 Å². The summed E-state index contributed by atoms with van der Waals surface area (Å²) in [5.41, 5.74) is 0.367. The van der Waals surface area contributed by atoms with E-state index in [0.29, 0.717) is 18.7 Å². The van der Waals surface area contributed by atoms with E-state index in [2.05, 4.69) is 4.98 Å². The van der Waals surface area contributed by atoms with Crippen LogP contribution in [0, 0.1) is 0 Å². The Kier molecular flexibility index (Phi) is 3.17. The fourth-order valence-electron chi connectivity index (χ4n) is 1.75. The van der Waals surface area contributed by atoms with Gasteiger partial charge < -0.3 is 15.1 Å². The zero-order valence-electron chi connectivity index (χ0n) is 8.78. The minimum atomic E-state index is -0.860. The summed E-state index contributed by atoms with van der Waals surface area (Å²) >= 11 is 0. The van der Waals surface area contributed by atoms with Gasteiger partial charge in [0.15, 0.2) is 0 Å². The molecule has 0 aromatic carbocycles. The summed E-state index contributed by atoms with van der Waals surface area (Å²) in [4.78, 5) is 17.4. The molecular weight excluding hydrogens is 208 g/mol. The number of hydrogen-bond acceptors (Lipinski definition) is 4. The second-order valence-electron chi connectivity index (χ2n) is 3.89. The van der Waals surface area contributed by atoms with Crippen LogP contribution in [0.3, 0.4) is 0 Å². The first-order valence-corrected chi connectivity index (χ1v) is 5.25. The maximum atomic E-state index is 11.9. The first kappa shape index (κ1) is 11.0. The molecule has 86 valence electrons. The molecule has 2 heterocycles. The lowest BCUT2D eigenvalue weighted by Crippen LogP contribution is -2.49. The lowest BCUT2D eigenvalue weighted by Gasteiger charge is -2.33. The van der Waals surface area contributed by atoms with Crippen molar-refractivity contribution in [3.63, 3.8) is 0 Å². The number of rotatable bonds is 1. The third kappa shape index (κ3) is 2.20. The Hall–Kier alpha value is -1.46. The second-order valence-corrected chi connectivity index (χ2v) is 3.89. The summed E-state index contributed by atoms with van der Waals surface area (Å²) in [5.74, 6) is -0.202. The van der Waals surface area contributed by atoms with Crippen molar-refractivity contribution in [1.82, 2.24) is 9.88 Å². The molecule has 0 spiro atoms. The van der Waals surface area contributed by atoms with Gasteiger partial charge in [0.1, 0.15) is 5.69 Å². The fourth-order valence-corrected chi connectivity index (χ4v) is 1.75. The molecule has 2 N–H and O–H groups in total. The molecule has 1 aromatic heterocycles. The second kappa shape index (κ2) is 4.59. The highest BCUT2D eigenvalue weighted by Crippen LogP contribution is 2.13. The van der Waals surface area contributed by atoms with Crippen LogP contribution in [0.25, 0.3) is 0 Å². The summed E-state index contributed by atoms with van der Waals surface area (Å²) in [6.07, 6.45) is 0.372. The van der Waals surface area contributed by atoms with Crippen molar-refractivity contribution >= 4 is 5.91 Å². The minimum Gasteiger partial charge on any atom is -0.390 e. The SMILES string of the molecule is O=C(c1ccccn1)N1CCC(O)C(O)C1. The number of β-amino-alcohol motifs (C(OH)–C–C–N with tert-alkyl or cyclic N) is 1. The molecule has 1 aliphatic heterocycles. The highest BCUT2D eigenvalue weighted by molar-refractivity contribution is 5.92. The van der Waals surface area contributed by atoms with Crippen molar-refractivity contribution in [1.29, 1.82) is 0 Å². The van der Waals surface area contributed by atoms with E-state index in [1.807, 2.05) is 0 Å². The molecule has 2 atom stereocenters. The zero-order valence-corrected chi connectivity index (χ0v) is 8.78. The number of aromatic nitrogens is 1. The van der Waals surface area contributed by atoms with Crippen LogP contribution in [-0.2, 0) is 0 Å². The Labute approximate surface area is 93.3 Å². The smallest absolute Gasteiger partial charge is 0.272 e. The fraction of sp³-hybridized carbons (Fsp3) is 0.455. The van der Waals surface area contributed by atoms with E-state index < -0.39 is 12.2 Å². The van der Waals surface area contributed by atoms with Crippen LogP contribution < -0.4 is 0 Å². The summed E-state index contributed by atoms with van der Waals surface area (Å²) < 4.78 is 0. The number of hydrogen-bond donors (Lipinski definition) is 2. The molecule has 2 unspecified atom stereocenters. The Morgan fingerprint density at radius 3 is 2.81 bits per heavy atom. The number of carbonyl (C=O) groups excluding carboxylic acids is 1. The molecule has 1 fully saturated rings. The molecule has 1 aliphatic rings. The van der Waals surface area contributed by atoms with Crippen LogP contribution in [0.5, 0.6) is 0 Å². The predicted octanol–water partition coefficient (Wildman–Crippen LogP) is -0.351. The molecule has 1 amide bonds. The monoisotopic (exact) mass is 222 g/mol. The summed E-state index contributed by atoms with van der Waals surface area (Å²) in [5, 5.41) is 18.8. The third-order valence-corrected chi connectivity index (χ3v) is 2.72. The number of piperidine rings is 1. The molecule has 0 aliphatic carbocycles. The van der Waals surface area contributed by atoms with E-state index in [1.54, 1.807) is 24.4 Å². The third-order valence-electron chi connectivity index (χ3n) is 2.72. The molecule has 0 saturated carbocycles. The number of aliphatic hydroxyl groups is 2. The predicted molar refractivity (Wildman–Crippen MR) is 56.8 cm³/mol. The van der Waals surface area contributed by atoms with Crippen LogP contribution in [0.15, 0.2) is 24.4 Å². The van der Waals surface area contributed by atoms with Gasteiger partial charge in [0, 0.05) is 19.3 Å². The van der Waals surface area contributed by atoms with Gasteiger partial charge in [-0.25, -0.2) is 0 Å².